The van der Waals surface area contributed by atoms with Crippen LogP contribution in [0.15, 0.2) is 150 Å². The average Bonchev–Trinajstić information content (AvgIpc) is 1.58. The number of hydrogen-bond donors (Lipinski definition) is 7. The standard InChI is InChI=1S/C28H32N8O4.C16H23N3O4.C16H25N3O2.C10H2Cl2N4O4.C10H19NO2.C7H6FNO2.C7H7N3/c1-17-15-18(35-11-13-36(14-12-35)27(39)40-28(2,3)4)9-10-19(17)31-24(37)22-23(30-16-29-22)25(38)34-26-32-20-7-5-6-8-21(20)33-26;1-12-11-13(5-6-14(12)19(21)22)17-7-9-18(10-8-17)15(20)23-16(2,3)4;1-12-11-13(5-6-14(12)17)18-7-9-19(10-8-18)15(20)21-16(2,3)4;11-7(17)3-5-10(20)16-2-14-4(8(12)18)6(16)9(19)15(5)1-13-3;1-10(2,3)13-9(12)11-7-5-4-6-8-11;1-5-4-6(8)2-3-7(5)9(10)11;8-7-9-5-3-1-2-4-6(5)10-7/h5-10,15-16H,11-14H2,1-4H3,(H,29,30)(H,31,37)(H2,32,33,34,38);5-6,11H,7-10H2,1-4H3;5-6,11H,7-10,17H2,1-4H3;1-2H;4-8H2,1-3H3;2-4H,1H3;1-4H,(H3,8,9,10). The van der Waals surface area contributed by atoms with Gasteiger partial charge in [-0.25, -0.2) is 48.5 Å². The number of hydrogen-bond acceptors (Lipinski definition) is 28. The molecule has 0 atom stereocenters. The van der Waals surface area contributed by atoms with E-state index in [4.69, 9.17) is 53.6 Å². The van der Waals surface area contributed by atoms with Gasteiger partial charge in [-0.05, 0) is 249 Å². The quantitative estimate of drug-likeness (QED) is 0.0208. The second-order valence-electron chi connectivity index (χ2n) is 36.4. The van der Waals surface area contributed by atoms with Gasteiger partial charge in [0.2, 0.25) is 5.95 Å². The third-order valence-electron chi connectivity index (χ3n) is 21.2. The summed E-state index contributed by atoms with van der Waals surface area (Å²) in [6, 6.07) is 35.4. The molecule has 4 fully saturated rings. The molecular formula is C94H114Cl2FN23O18. The van der Waals surface area contributed by atoms with E-state index in [-0.39, 0.29) is 86.0 Å². The van der Waals surface area contributed by atoms with Gasteiger partial charge in [0.1, 0.15) is 57.6 Å². The number of fused-ring (bicyclic) bond motifs is 4. The number of piperazine rings is 3. The number of anilines is 7. The number of nitrogens with two attached hydrogens (primary N) is 2. The van der Waals surface area contributed by atoms with E-state index < -0.39 is 61.0 Å². The fourth-order valence-electron chi connectivity index (χ4n) is 14.4. The van der Waals surface area contributed by atoms with Crippen LogP contribution < -0.4 is 47.9 Å². The molecule has 12 aromatic rings. The molecule has 0 saturated carbocycles. The number of aromatic amines is 3. The number of halogens is 3. The molecule has 0 spiro atoms. The van der Waals surface area contributed by atoms with Gasteiger partial charge in [0.25, 0.3) is 44.8 Å². The van der Waals surface area contributed by atoms with Gasteiger partial charge in [-0.1, -0.05) is 24.3 Å². The zero-order chi connectivity index (χ0) is 101. The highest BCUT2D eigenvalue weighted by Crippen LogP contribution is 2.30. The second-order valence-corrected chi connectivity index (χ2v) is 37.1. The molecule has 6 amide bonds. The molecule has 0 unspecified atom stereocenters. The number of nitrogen functional groups attached to an aromatic ring is 2. The van der Waals surface area contributed by atoms with Gasteiger partial charge in [0, 0.05) is 143 Å². The van der Waals surface area contributed by atoms with E-state index in [1.54, 1.807) is 32.6 Å². The summed E-state index contributed by atoms with van der Waals surface area (Å²) in [7, 11) is 0. The van der Waals surface area contributed by atoms with Crippen LogP contribution in [0.1, 0.15) is 167 Å². The lowest BCUT2D eigenvalue weighted by molar-refractivity contribution is -0.385. The van der Waals surface area contributed by atoms with Gasteiger partial charge < -0.3 is 85.0 Å². The average molecular weight is 1940 g/mol. The number of imidazole rings is 5. The Balaban J connectivity index is 0.000000175. The first-order valence-corrected chi connectivity index (χ1v) is 44.9. The van der Waals surface area contributed by atoms with Gasteiger partial charge in [0.15, 0.2) is 23.0 Å². The van der Waals surface area contributed by atoms with Crippen LogP contribution in [0.3, 0.4) is 0 Å². The number of piperidine rings is 1. The molecule has 0 bridgehead atoms. The van der Waals surface area contributed by atoms with Crippen molar-refractivity contribution in [3.63, 3.8) is 0 Å². The molecule has 6 aromatic carbocycles. The molecule has 44 heteroatoms. The van der Waals surface area contributed by atoms with Crippen LogP contribution in [0, 0.1) is 53.7 Å². The summed E-state index contributed by atoms with van der Waals surface area (Å²) in [6.07, 6.45) is 5.73. The number of nitrogens with one attached hydrogen (secondary N) is 5. The lowest BCUT2D eigenvalue weighted by Gasteiger charge is -2.37. The van der Waals surface area contributed by atoms with E-state index in [2.05, 4.69) is 71.3 Å². The molecule has 6 aromatic heterocycles. The number of aryl methyl sites for hydroxylation is 4. The number of aromatic nitrogens is 10. The first-order chi connectivity index (χ1) is 64.9. The van der Waals surface area contributed by atoms with Crippen LogP contribution in [0.2, 0.25) is 0 Å². The summed E-state index contributed by atoms with van der Waals surface area (Å²) < 4.78 is 35.6. The fraction of sp³-hybridized carbons (Fsp3) is 0.394. The number of carbonyl (C=O) groups is 8. The van der Waals surface area contributed by atoms with E-state index in [1.807, 2.05) is 182 Å². The number of H-pyrrole nitrogens is 3. The predicted molar refractivity (Wildman–Crippen MR) is 523 cm³/mol. The van der Waals surface area contributed by atoms with Crippen molar-refractivity contribution in [1.82, 2.24) is 68.3 Å². The minimum absolute atomic E-state index is 0.0232. The highest BCUT2D eigenvalue weighted by molar-refractivity contribution is 6.68. The summed E-state index contributed by atoms with van der Waals surface area (Å²) in [4.78, 5) is 183. The Labute approximate surface area is 803 Å². The Bertz CT molecular complexity index is 6390. The number of benzene rings is 6. The molecule has 138 heavy (non-hydrogen) atoms. The Hall–Kier alpha value is -15.1. The van der Waals surface area contributed by atoms with E-state index in [1.165, 1.54) is 25.7 Å². The van der Waals surface area contributed by atoms with Gasteiger partial charge in [-0.2, -0.15) is 0 Å². The summed E-state index contributed by atoms with van der Waals surface area (Å²) >= 11 is 10.6. The number of carbonyl (C=O) groups excluding carboxylic acids is 8. The molecule has 4 saturated heterocycles. The van der Waals surface area contributed by atoms with Crippen LogP contribution in [-0.4, -0.2) is 239 Å². The number of nitro benzene ring substituents is 2. The van der Waals surface area contributed by atoms with Crippen molar-refractivity contribution in [2.45, 2.75) is 152 Å². The summed E-state index contributed by atoms with van der Waals surface area (Å²) in [6.45, 7) is 39.3. The lowest BCUT2D eigenvalue weighted by Crippen LogP contribution is -2.50. The monoisotopic (exact) mass is 1940 g/mol. The van der Waals surface area contributed by atoms with Crippen LogP contribution in [0.25, 0.3) is 33.1 Å². The van der Waals surface area contributed by atoms with Gasteiger partial charge in [-0.3, -0.25) is 63.1 Å². The summed E-state index contributed by atoms with van der Waals surface area (Å²) in [5.74, 6) is -0.767. The normalized spacial score (nSPS) is 13.9. The van der Waals surface area contributed by atoms with Crippen molar-refractivity contribution >= 4 is 155 Å². The number of likely N-dealkylation sites (tertiary alicyclic amines) is 1. The maximum atomic E-state index is 13.1. The van der Waals surface area contributed by atoms with Crippen molar-refractivity contribution < 1.29 is 71.5 Å². The molecule has 4 aliphatic rings. The number of rotatable bonds is 11. The van der Waals surface area contributed by atoms with E-state index in [0.29, 0.717) is 93.7 Å². The Morgan fingerprint density at radius 2 is 0.826 bits per heavy atom. The SMILES string of the molecule is CC(C)(C)OC(=O)N1CCCCC1.Cc1cc(F)ccc1[N+](=O)[O-].Cc1cc(N2CCN(C(=O)OC(C)(C)C)CC2)ccc1N.Cc1cc(N2CCN(C(=O)OC(C)(C)C)CC2)ccc1NC(=O)c1nc[nH]c1C(=O)Nc1nc2ccccc2[nH]1.Cc1cc(N2CCN(C(=O)OC(C)(C)C)CC2)ccc1[N+](=O)[O-].Nc1nc2ccccc2[nH]1.O=C(Cl)c1ncn2c(=O)c3c(C(=O)Cl)ncn3c(=O)c12. The van der Waals surface area contributed by atoms with E-state index in [9.17, 15) is 72.6 Å². The molecule has 4 aliphatic heterocycles. The van der Waals surface area contributed by atoms with Crippen molar-refractivity contribution in [3.05, 3.63) is 232 Å². The molecule has 0 radical (unpaired) electrons. The Kier molecular flexibility index (Phi) is 34.6. The number of amides is 6. The van der Waals surface area contributed by atoms with Crippen LogP contribution in [0.4, 0.5) is 75.3 Å². The fourth-order valence-corrected chi connectivity index (χ4v) is 14.7. The zero-order valence-corrected chi connectivity index (χ0v) is 81.1. The zero-order valence-electron chi connectivity index (χ0n) is 79.6. The Morgan fingerprint density at radius 1 is 0.442 bits per heavy atom. The molecule has 734 valence electrons. The molecule has 10 heterocycles. The molecular weight excluding hydrogens is 1830 g/mol. The maximum Gasteiger partial charge on any atom is 0.410 e. The molecule has 16 rings (SSSR count). The minimum Gasteiger partial charge on any atom is -0.444 e. The Morgan fingerprint density at radius 3 is 1.22 bits per heavy atom. The van der Waals surface area contributed by atoms with E-state index in [0.717, 1.165) is 129 Å². The molecule has 9 N–H and O–H groups in total. The largest absolute Gasteiger partial charge is 0.444 e. The highest BCUT2D eigenvalue weighted by Gasteiger charge is 2.33. The van der Waals surface area contributed by atoms with Crippen LogP contribution >= 0.6 is 23.2 Å². The molecule has 41 nitrogen and oxygen atoms in total. The predicted octanol–water partition coefficient (Wildman–Crippen LogP) is 15.2. The van der Waals surface area contributed by atoms with Crippen LogP contribution in [0.5, 0.6) is 0 Å². The van der Waals surface area contributed by atoms with Crippen molar-refractivity contribution in [2.24, 2.45) is 0 Å². The maximum absolute atomic E-state index is 13.1. The third-order valence-corrected chi connectivity index (χ3v) is 21.6. The van der Waals surface area contributed by atoms with Crippen LogP contribution in [-0.2, 0) is 18.9 Å². The third kappa shape index (κ3) is 29.0. The molecule has 0 aliphatic carbocycles. The second kappa shape index (κ2) is 45.5. The van der Waals surface area contributed by atoms with Crippen molar-refractivity contribution in [2.75, 3.05) is 128 Å². The van der Waals surface area contributed by atoms with Crippen molar-refractivity contribution in [3.8, 4) is 0 Å². The topological polar surface area (TPSA) is 513 Å². The number of ether oxygens (including phenoxy) is 4. The van der Waals surface area contributed by atoms with Gasteiger partial charge in [0.05, 0.1) is 38.2 Å². The minimum atomic E-state index is -0.975. The smallest absolute Gasteiger partial charge is 0.410 e. The van der Waals surface area contributed by atoms with Crippen molar-refractivity contribution in [1.29, 1.82) is 0 Å². The number of para-hydroxylation sites is 4. The first kappa shape index (κ1) is 105. The highest BCUT2D eigenvalue weighted by atomic mass is 35.5. The lowest BCUT2D eigenvalue weighted by atomic mass is 10.1. The number of nitro groups is 2. The number of nitrogens with zero attached hydrogens (tertiary/aromatic N) is 16. The van der Waals surface area contributed by atoms with Gasteiger partial charge in [-0.15, -0.1) is 0 Å². The summed E-state index contributed by atoms with van der Waals surface area (Å²) in [5.41, 5.74) is 17.6. The first-order valence-electron chi connectivity index (χ1n) is 44.1. The summed E-state index contributed by atoms with van der Waals surface area (Å²) in [5, 5.41) is 24.7. The van der Waals surface area contributed by atoms with E-state index >= 15 is 0 Å². The van der Waals surface area contributed by atoms with Gasteiger partial charge >= 0.3 is 24.4 Å².